The van der Waals surface area contributed by atoms with Gasteiger partial charge in [-0.3, -0.25) is 14.5 Å². The van der Waals surface area contributed by atoms with Crippen LogP contribution in [0.2, 0.25) is 0 Å². The van der Waals surface area contributed by atoms with Gasteiger partial charge in [-0.1, -0.05) is 13.8 Å². The summed E-state index contributed by atoms with van der Waals surface area (Å²) in [5.41, 5.74) is -1.43. The van der Waals surface area contributed by atoms with Crippen molar-refractivity contribution in [3.05, 3.63) is 0 Å². The molecule has 5 aliphatic rings. The molecule has 1 saturated heterocycles. The number of aliphatic hydroxyl groups is 1. The number of ether oxygens (including phenoxy) is 1. The van der Waals surface area contributed by atoms with Crippen molar-refractivity contribution >= 4 is 11.6 Å². The number of ketones is 2. The molecule has 0 radical (unpaired) electrons. The highest BCUT2D eigenvalue weighted by Gasteiger charge is 2.65. The Bertz CT molecular complexity index is 809. The minimum absolute atomic E-state index is 0.0332. The number of carbonyl (C=O) groups is 2. The highest BCUT2D eigenvalue weighted by Crippen LogP contribution is 2.67. The number of nitrogens with zero attached hydrogens (tertiary/aromatic N) is 1. The second-order valence-electron chi connectivity index (χ2n) is 13.1. The van der Waals surface area contributed by atoms with Gasteiger partial charge in [0.25, 0.3) is 0 Å². The molecule has 0 aromatic rings. The third-order valence-corrected chi connectivity index (χ3v) is 10.8. The standard InChI is InChI=1S/C27H43NO4/c1-17(29)20-8-9-21-19-7-6-18-10-11-27(31,28-12-13-32-24(2,3)16-28)15-26(18,5)23(19)22(30)14-25(20,21)4/h18-21,23,31H,6-16H2,1-5H3/t18?,19-,20+,21-,23+,25+,26-,27?/m0/s1. The zero-order valence-electron chi connectivity index (χ0n) is 20.8. The van der Waals surface area contributed by atoms with E-state index in [-0.39, 0.29) is 34.1 Å². The average molecular weight is 446 g/mol. The van der Waals surface area contributed by atoms with E-state index in [0.29, 0.717) is 43.0 Å². The summed E-state index contributed by atoms with van der Waals surface area (Å²) in [6.07, 6.45) is 7.33. The van der Waals surface area contributed by atoms with E-state index >= 15 is 0 Å². The fraction of sp³-hybridized carbons (Fsp3) is 0.926. The Morgan fingerprint density at radius 3 is 2.50 bits per heavy atom. The van der Waals surface area contributed by atoms with Crippen LogP contribution in [-0.2, 0) is 14.3 Å². The van der Waals surface area contributed by atoms with Crippen LogP contribution in [0.5, 0.6) is 0 Å². The van der Waals surface area contributed by atoms with Crippen molar-refractivity contribution in [3.8, 4) is 0 Å². The third-order valence-electron chi connectivity index (χ3n) is 10.8. The molecule has 1 aliphatic heterocycles. The van der Waals surface area contributed by atoms with Gasteiger partial charge in [0, 0.05) is 31.3 Å². The second kappa shape index (κ2) is 7.36. The number of hydrogen-bond acceptors (Lipinski definition) is 5. The van der Waals surface area contributed by atoms with Gasteiger partial charge in [-0.15, -0.1) is 0 Å². The molecule has 2 unspecified atom stereocenters. The third kappa shape index (κ3) is 3.28. The highest BCUT2D eigenvalue weighted by atomic mass is 16.5. The first-order chi connectivity index (χ1) is 14.9. The Morgan fingerprint density at radius 1 is 1.06 bits per heavy atom. The smallest absolute Gasteiger partial charge is 0.137 e. The van der Waals surface area contributed by atoms with Crippen LogP contribution < -0.4 is 0 Å². The lowest BCUT2D eigenvalue weighted by atomic mass is 9.43. The maximum Gasteiger partial charge on any atom is 0.137 e. The van der Waals surface area contributed by atoms with Crippen LogP contribution >= 0.6 is 0 Å². The molecule has 0 bridgehead atoms. The number of morpholine rings is 1. The van der Waals surface area contributed by atoms with E-state index in [9.17, 15) is 14.7 Å². The Balaban J connectivity index is 1.45. The SMILES string of the molecule is CC(=O)[C@H]1CC[C@H]2[C@@H]3CCC4CCC(O)(N5CCOC(C)(C)C5)C[C@]4(C)[C@H]3C(=O)C[C@]12C. The number of fused-ring (bicyclic) bond motifs is 5. The number of Topliss-reactive ketones (excluding diaryl/α,β-unsaturated/α-hetero) is 2. The molecule has 1 N–H and O–H groups in total. The first-order valence-electron chi connectivity index (χ1n) is 13.0. The van der Waals surface area contributed by atoms with Crippen LogP contribution in [0.4, 0.5) is 0 Å². The van der Waals surface area contributed by atoms with E-state index < -0.39 is 5.72 Å². The quantitative estimate of drug-likeness (QED) is 0.690. The molecule has 8 atom stereocenters. The van der Waals surface area contributed by atoms with E-state index in [0.717, 1.165) is 51.6 Å². The molecule has 5 rings (SSSR count). The van der Waals surface area contributed by atoms with Crippen molar-refractivity contribution in [2.75, 3.05) is 19.7 Å². The van der Waals surface area contributed by atoms with Gasteiger partial charge in [0.1, 0.15) is 17.3 Å². The maximum absolute atomic E-state index is 13.9. The molecule has 4 aliphatic carbocycles. The predicted molar refractivity (Wildman–Crippen MR) is 123 cm³/mol. The van der Waals surface area contributed by atoms with Gasteiger partial charge in [-0.2, -0.15) is 0 Å². The summed E-state index contributed by atoms with van der Waals surface area (Å²) in [4.78, 5) is 28.5. The van der Waals surface area contributed by atoms with Crippen molar-refractivity contribution in [3.63, 3.8) is 0 Å². The van der Waals surface area contributed by atoms with Crippen molar-refractivity contribution < 1.29 is 19.4 Å². The van der Waals surface area contributed by atoms with Crippen molar-refractivity contribution in [1.29, 1.82) is 0 Å². The molecule has 32 heavy (non-hydrogen) atoms. The molecule has 0 aromatic heterocycles. The van der Waals surface area contributed by atoms with E-state index in [1.807, 2.05) is 0 Å². The molecule has 5 heteroatoms. The summed E-state index contributed by atoms with van der Waals surface area (Å²) in [6.45, 7) is 12.6. The van der Waals surface area contributed by atoms with E-state index in [4.69, 9.17) is 4.74 Å². The van der Waals surface area contributed by atoms with Gasteiger partial charge in [-0.25, -0.2) is 0 Å². The van der Waals surface area contributed by atoms with E-state index in [1.165, 1.54) is 0 Å². The van der Waals surface area contributed by atoms with Crippen LogP contribution in [-0.4, -0.2) is 52.6 Å². The van der Waals surface area contributed by atoms with Crippen LogP contribution in [0, 0.1) is 40.4 Å². The molecule has 5 nitrogen and oxygen atoms in total. The lowest BCUT2D eigenvalue weighted by Gasteiger charge is -2.63. The first-order valence-corrected chi connectivity index (χ1v) is 13.0. The fourth-order valence-corrected chi connectivity index (χ4v) is 9.52. The zero-order valence-corrected chi connectivity index (χ0v) is 20.8. The summed E-state index contributed by atoms with van der Waals surface area (Å²) >= 11 is 0. The number of rotatable bonds is 2. The number of carbonyl (C=O) groups excluding carboxylic acids is 2. The van der Waals surface area contributed by atoms with Crippen LogP contribution in [0.25, 0.3) is 0 Å². The van der Waals surface area contributed by atoms with Gasteiger partial charge < -0.3 is 9.84 Å². The molecular formula is C27H43NO4. The first kappa shape index (κ1) is 23.0. The number of hydrogen-bond donors (Lipinski definition) is 1. The Kier molecular flexibility index (Phi) is 5.28. The average Bonchev–Trinajstić information content (AvgIpc) is 3.03. The molecule has 0 spiro atoms. The molecule has 0 amide bonds. The fourth-order valence-electron chi connectivity index (χ4n) is 9.52. The minimum atomic E-state index is -0.854. The van der Waals surface area contributed by atoms with Gasteiger partial charge in [0.15, 0.2) is 0 Å². The van der Waals surface area contributed by atoms with Crippen LogP contribution in [0.3, 0.4) is 0 Å². The Labute approximate surface area is 193 Å². The van der Waals surface area contributed by atoms with E-state index in [1.54, 1.807) is 6.92 Å². The van der Waals surface area contributed by atoms with Crippen molar-refractivity contribution in [1.82, 2.24) is 4.90 Å². The topological polar surface area (TPSA) is 66.8 Å². The summed E-state index contributed by atoms with van der Waals surface area (Å²) in [5.74, 6) is 2.07. The summed E-state index contributed by atoms with van der Waals surface area (Å²) in [5, 5.41) is 12.0. The summed E-state index contributed by atoms with van der Waals surface area (Å²) < 4.78 is 5.92. The van der Waals surface area contributed by atoms with Crippen LogP contribution in [0.15, 0.2) is 0 Å². The molecule has 5 fully saturated rings. The monoisotopic (exact) mass is 445 g/mol. The maximum atomic E-state index is 13.9. The zero-order chi connectivity index (χ0) is 23.1. The normalized spacial score (nSPS) is 50.9. The molecule has 180 valence electrons. The van der Waals surface area contributed by atoms with Gasteiger partial charge in [0.05, 0.1) is 12.2 Å². The van der Waals surface area contributed by atoms with Gasteiger partial charge >= 0.3 is 0 Å². The summed E-state index contributed by atoms with van der Waals surface area (Å²) in [6, 6.07) is 0. The summed E-state index contributed by atoms with van der Waals surface area (Å²) in [7, 11) is 0. The molecular weight excluding hydrogens is 402 g/mol. The predicted octanol–water partition coefficient (Wildman–Crippen LogP) is 4.21. The van der Waals surface area contributed by atoms with Crippen molar-refractivity contribution in [2.24, 2.45) is 40.4 Å². The second-order valence-corrected chi connectivity index (χ2v) is 13.1. The Morgan fingerprint density at radius 2 is 1.81 bits per heavy atom. The van der Waals surface area contributed by atoms with Gasteiger partial charge in [-0.05, 0) is 94.3 Å². The lowest BCUT2D eigenvalue weighted by Crippen LogP contribution is -2.65. The minimum Gasteiger partial charge on any atom is -0.376 e. The molecule has 4 saturated carbocycles. The highest BCUT2D eigenvalue weighted by molar-refractivity contribution is 5.87. The lowest BCUT2D eigenvalue weighted by molar-refractivity contribution is -0.234. The molecule has 1 heterocycles. The Hall–Kier alpha value is -0.780. The van der Waals surface area contributed by atoms with Crippen molar-refractivity contribution in [2.45, 2.75) is 97.3 Å². The largest absolute Gasteiger partial charge is 0.376 e. The van der Waals surface area contributed by atoms with E-state index in [2.05, 4.69) is 32.6 Å². The molecule has 0 aromatic carbocycles. The van der Waals surface area contributed by atoms with Gasteiger partial charge in [0.2, 0.25) is 0 Å². The van der Waals surface area contributed by atoms with Crippen LogP contribution in [0.1, 0.15) is 86.0 Å².